The fraction of sp³-hybridized carbons (Fsp3) is 0.385. The Labute approximate surface area is 106 Å². The van der Waals surface area contributed by atoms with E-state index in [-0.39, 0.29) is 5.92 Å². The third kappa shape index (κ3) is 2.53. The molecule has 2 aromatic heterocycles. The highest BCUT2D eigenvalue weighted by Gasteiger charge is 2.12. The van der Waals surface area contributed by atoms with Crippen LogP contribution in [-0.4, -0.2) is 16.5 Å². The quantitative estimate of drug-likeness (QED) is 0.907. The fourth-order valence-electron chi connectivity index (χ4n) is 1.67. The summed E-state index contributed by atoms with van der Waals surface area (Å²) in [7, 11) is 0. The first-order valence-electron chi connectivity index (χ1n) is 5.72. The van der Waals surface area contributed by atoms with E-state index in [4.69, 9.17) is 5.73 Å². The molecule has 1 atom stereocenters. The van der Waals surface area contributed by atoms with Gasteiger partial charge >= 0.3 is 0 Å². The van der Waals surface area contributed by atoms with Gasteiger partial charge in [-0.3, -0.25) is 0 Å². The smallest absolute Gasteiger partial charge is 0.133 e. The molecule has 2 rings (SSSR count). The van der Waals surface area contributed by atoms with E-state index in [9.17, 15) is 0 Å². The predicted octanol–water partition coefficient (Wildman–Crippen LogP) is 2.88. The van der Waals surface area contributed by atoms with Crippen LogP contribution in [0.4, 0.5) is 0 Å². The second-order valence-electron chi connectivity index (χ2n) is 4.32. The highest BCUT2D eigenvalue weighted by molar-refractivity contribution is 7.13. The standard InChI is InChI=1S/C13H17N3S/c1-8-4-5-17-12(8)11-6-10(3)15-13(16-11)9(2)7-14/h4-6,9H,7,14H2,1-3H3. The molecule has 0 amide bonds. The first-order chi connectivity index (χ1) is 8.11. The monoisotopic (exact) mass is 247 g/mol. The summed E-state index contributed by atoms with van der Waals surface area (Å²) in [6, 6.07) is 4.15. The SMILES string of the molecule is Cc1cc(-c2sccc2C)nc(C(C)CN)n1. The maximum absolute atomic E-state index is 5.68. The summed E-state index contributed by atoms with van der Waals surface area (Å²) in [5, 5.41) is 2.09. The topological polar surface area (TPSA) is 51.8 Å². The molecular formula is C13H17N3S. The minimum absolute atomic E-state index is 0.203. The van der Waals surface area contributed by atoms with Crippen LogP contribution < -0.4 is 5.73 Å². The molecule has 4 heteroatoms. The Hall–Kier alpha value is -1.26. The molecule has 0 saturated heterocycles. The molecule has 0 aliphatic heterocycles. The van der Waals surface area contributed by atoms with Crippen molar-refractivity contribution in [1.82, 2.24) is 9.97 Å². The lowest BCUT2D eigenvalue weighted by molar-refractivity contribution is 0.708. The van der Waals surface area contributed by atoms with E-state index in [1.165, 1.54) is 10.4 Å². The van der Waals surface area contributed by atoms with Crippen LogP contribution in [0.15, 0.2) is 17.5 Å². The van der Waals surface area contributed by atoms with Gasteiger partial charge in [-0.05, 0) is 36.9 Å². The van der Waals surface area contributed by atoms with Crippen molar-refractivity contribution in [3.8, 4) is 10.6 Å². The van der Waals surface area contributed by atoms with Crippen molar-refractivity contribution in [3.05, 3.63) is 34.6 Å². The van der Waals surface area contributed by atoms with Gasteiger partial charge in [-0.25, -0.2) is 9.97 Å². The zero-order valence-electron chi connectivity index (χ0n) is 10.4. The van der Waals surface area contributed by atoms with Gasteiger partial charge in [0.15, 0.2) is 0 Å². The molecule has 90 valence electrons. The van der Waals surface area contributed by atoms with Gasteiger partial charge in [0.1, 0.15) is 5.82 Å². The summed E-state index contributed by atoms with van der Waals surface area (Å²) in [6.07, 6.45) is 0. The predicted molar refractivity (Wildman–Crippen MR) is 72.3 cm³/mol. The highest BCUT2D eigenvalue weighted by atomic mass is 32.1. The summed E-state index contributed by atoms with van der Waals surface area (Å²) < 4.78 is 0. The first-order valence-corrected chi connectivity index (χ1v) is 6.60. The number of thiophene rings is 1. The number of rotatable bonds is 3. The van der Waals surface area contributed by atoms with Crippen LogP contribution in [0.1, 0.15) is 29.9 Å². The third-order valence-electron chi connectivity index (χ3n) is 2.76. The first kappa shape index (κ1) is 12.2. The van der Waals surface area contributed by atoms with E-state index in [1.54, 1.807) is 11.3 Å². The Morgan fingerprint density at radius 1 is 1.35 bits per heavy atom. The lowest BCUT2D eigenvalue weighted by Crippen LogP contribution is -2.13. The Bertz CT molecular complexity index is 519. The number of hydrogen-bond donors (Lipinski definition) is 1. The van der Waals surface area contributed by atoms with E-state index in [0.29, 0.717) is 6.54 Å². The second kappa shape index (κ2) is 4.94. The van der Waals surface area contributed by atoms with E-state index in [0.717, 1.165) is 17.2 Å². The van der Waals surface area contributed by atoms with Crippen LogP contribution in [0, 0.1) is 13.8 Å². The molecule has 0 bridgehead atoms. The number of aromatic nitrogens is 2. The molecule has 2 heterocycles. The number of hydrogen-bond acceptors (Lipinski definition) is 4. The van der Waals surface area contributed by atoms with Gasteiger partial charge in [0.2, 0.25) is 0 Å². The van der Waals surface area contributed by atoms with Crippen LogP contribution in [0.2, 0.25) is 0 Å². The van der Waals surface area contributed by atoms with Crippen LogP contribution in [-0.2, 0) is 0 Å². The fourth-order valence-corrected chi connectivity index (χ4v) is 2.56. The van der Waals surface area contributed by atoms with Gasteiger partial charge < -0.3 is 5.73 Å². The Kier molecular flexibility index (Phi) is 3.54. The normalized spacial score (nSPS) is 12.7. The molecule has 0 aliphatic rings. The van der Waals surface area contributed by atoms with Gasteiger partial charge in [-0.15, -0.1) is 11.3 Å². The maximum Gasteiger partial charge on any atom is 0.133 e. The van der Waals surface area contributed by atoms with Crippen LogP contribution in [0.3, 0.4) is 0 Å². The molecule has 2 N–H and O–H groups in total. The molecule has 3 nitrogen and oxygen atoms in total. The van der Waals surface area contributed by atoms with Crippen molar-refractivity contribution >= 4 is 11.3 Å². The molecule has 0 fully saturated rings. The molecule has 0 saturated carbocycles. The summed E-state index contributed by atoms with van der Waals surface area (Å²) in [5.74, 6) is 1.05. The van der Waals surface area contributed by atoms with Crippen molar-refractivity contribution in [3.63, 3.8) is 0 Å². The molecule has 17 heavy (non-hydrogen) atoms. The van der Waals surface area contributed by atoms with Crippen molar-refractivity contribution in [1.29, 1.82) is 0 Å². The zero-order chi connectivity index (χ0) is 12.4. The molecule has 0 aliphatic carbocycles. The summed E-state index contributed by atoms with van der Waals surface area (Å²) in [4.78, 5) is 10.3. The molecule has 0 spiro atoms. The van der Waals surface area contributed by atoms with Gasteiger partial charge in [0.05, 0.1) is 10.6 Å². The number of nitrogens with zero attached hydrogens (tertiary/aromatic N) is 2. The maximum atomic E-state index is 5.68. The third-order valence-corrected chi connectivity index (χ3v) is 3.80. The highest BCUT2D eigenvalue weighted by Crippen LogP contribution is 2.28. The molecule has 1 unspecified atom stereocenters. The Balaban J connectivity index is 2.49. The summed E-state index contributed by atoms with van der Waals surface area (Å²) in [5.41, 5.74) is 8.95. The zero-order valence-corrected chi connectivity index (χ0v) is 11.2. The van der Waals surface area contributed by atoms with E-state index in [1.807, 2.05) is 13.0 Å². The second-order valence-corrected chi connectivity index (χ2v) is 5.24. The van der Waals surface area contributed by atoms with Crippen LogP contribution in [0.5, 0.6) is 0 Å². The minimum atomic E-state index is 0.203. The van der Waals surface area contributed by atoms with Gasteiger partial charge in [-0.1, -0.05) is 6.92 Å². The van der Waals surface area contributed by atoms with Crippen molar-refractivity contribution in [2.75, 3.05) is 6.54 Å². The minimum Gasteiger partial charge on any atom is -0.330 e. The number of nitrogens with two attached hydrogens (primary N) is 1. The van der Waals surface area contributed by atoms with Crippen molar-refractivity contribution in [2.24, 2.45) is 5.73 Å². The van der Waals surface area contributed by atoms with Gasteiger partial charge in [0.25, 0.3) is 0 Å². The van der Waals surface area contributed by atoms with E-state index >= 15 is 0 Å². The molecular weight excluding hydrogens is 230 g/mol. The van der Waals surface area contributed by atoms with E-state index in [2.05, 4.69) is 35.3 Å². The Morgan fingerprint density at radius 3 is 2.71 bits per heavy atom. The average molecular weight is 247 g/mol. The van der Waals surface area contributed by atoms with E-state index < -0.39 is 0 Å². The lowest BCUT2D eigenvalue weighted by atomic mass is 10.1. The summed E-state index contributed by atoms with van der Waals surface area (Å²) in [6.45, 7) is 6.74. The van der Waals surface area contributed by atoms with Crippen LogP contribution in [0.25, 0.3) is 10.6 Å². The summed E-state index contributed by atoms with van der Waals surface area (Å²) >= 11 is 1.72. The molecule has 0 aromatic carbocycles. The van der Waals surface area contributed by atoms with Crippen molar-refractivity contribution in [2.45, 2.75) is 26.7 Å². The van der Waals surface area contributed by atoms with Gasteiger partial charge in [-0.2, -0.15) is 0 Å². The largest absolute Gasteiger partial charge is 0.330 e. The van der Waals surface area contributed by atoms with Crippen LogP contribution >= 0.6 is 11.3 Å². The number of aryl methyl sites for hydroxylation is 2. The molecule has 2 aromatic rings. The lowest BCUT2D eigenvalue weighted by Gasteiger charge is -2.10. The average Bonchev–Trinajstić information content (AvgIpc) is 2.73. The van der Waals surface area contributed by atoms with Crippen molar-refractivity contribution < 1.29 is 0 Å². The Morgan fingerprint density at radius 2 is 2.12 bits per heavy atom. The molecule has 0 radical (unpaired) electrons. The van der Waals surface area contributed by atoms with Gasteiger partial charge in [0, 0.05) is 18.2 Å².